The largest absolute Gasteiger partial charge is 0.444 e. The summed E-state index contributed by atoms with van der Waals surface area (Å²) in [5.74, 6) is -0.150. The van der Waals surface area contributed by atoms with Crippen LogP contribution in [0.25, 0.3) is 0 Å². The van der Waals surface area contributed by atoms with Gasteiger partial charge in [-0.1, -0.05) is 36.5 Å². The first kappa shape index (κ1) is 21.1. The van der Waals surface area contributed by atoms with Gasteiger partial charge in [-0.05, 0) is 26.3 Å². The average Bonchev–Trinajstić information content (AvgIpc) is 2.60. The first-order chi connectivity index (χ1) is 12.7. The molecule has 1 fully saturated rings. The lowest BCUT2D eigenvalue weighted by Crippen LogP contribution is -2.53. The molecule has 148 valence electrons. The maximum atomic E-state index is 12.9. The van der Waals surface area contributed by atoms with E-state index in [0.717, 1.165) is 11.1 Å². The van der Waals surface area contributed by atoms with Gasteiger partial charge in [0.15, 0.2) is 0 Å². The van der Waals surface area contributed by atoms with Gasteiger partial charge in [-0.2, -0.15) is 0 Å². The van der Waals surface area contributed by atoms with Gasteiger partial charge in [-0.15, -0.1) is 0 Å². The number of benzene rings is 1. The Morgan fingerprint density at radius 1 is 1.26 bits per heavy atom. The van der Waals surface area contributed by atoms with E-state index in [1.165, 1.54) is 0 Å². The first-order valence-electron chi connectivity index (χ1n) is 8.90. The van der Waals surface area contributed by atoms with Crippen molar-refractivity contribution < 1.29 is 19.1 Å². The summed E-state index contributed by atoms with van der Waals surface area (Å²) in [6.45, 7) is 7.33. The third-order valence-corrected chi connectivity index (χ3v) is 4.23. The van der Waals surface area contributed by atoms with Crippen LogP contribution in [0.1, 0.15) is 31.9 Å². The Hall–Kier alpha value is -2.19. The van der Waals surface area contributed by atoms with E-state index in [1.54, 1.807) is 37.8 Å². The highest BCUT2D eigenvalue weighted by Gasteiger charge is 2.29. The lowest BCUT2D eigenvalue weighted by atomic mass is 10.0. The van der Waals surface area contributed by atoms with Gasteiger partial charge in [0.05, 0.1) is 13.2 Å². The molecule has 1 aliphatic rings. The minimum atomic E-state index is -0.728. The van der Waals surface area contributed by atoms with Crippen LogP contribution in [0.3, 0.4) is 0 Å². The van der Waals surface area contributed by atoms with Crippen LogP contribution in [0.15, 0.2) is 24.3 Å². The predicted octanol–water partition coefficient (Wildman–Crippen LogP) is 1.62. The quantitative estimate of drug-likeness (QED) is 0.739. The third kappa shape index (κ3) is 6.80. The summed E-state index contributed by atoms with van der Waals surface area (Å²) in [6, 6.07) is 6.59. The fourth-order valence-corrected chi connectivity index (χ4v) is 2.83. The molecular weight excluding hydrogens is 366 g/mol. The average molecular weight is 394 g/mol. The number of thiocarbonyl (C=S) groups is 1. The van der Waals surface area contributed by atoms with Gasteiger partial charge in [0.25, 0.3) is 0 Å². The maximum absolute atomic E-state index is 12.9. The first-order valence-corrected chi connectivity index (χ1v) is 9.31. The van der Waals surface area contributed by atoms with Crippen molar-refractivity contribution in [3.8, 4) is 0 Å². The number of alkyl carbamates (subject to hydrolysis) is 1. The number of carbonyl (C=O) groups excluding carboxylic acids is 2. The van der Waals surface area contributed by atoms with Crippen molar-refractivity contribution in [1.29, 1.82) is 0 Å². The highest BCUT2D eigenvalue weighted by molar-refractivity contribution is 7.80. The highest BCUT2D eigenvalue weighted by atomic mass is 32.1. The molecule has 0 unspecified atom stereocenters. The minimum absolute atomic E-state index is 0.150. The van der Waals surface area contributed by atoms with Crippen LogP contribution in [0.4, 0.5) is 4.79 Å². The lowest BCUT2D eigenvalue weighted by Gasteiger charge is -2.31. The predicted molar refractivity (Wildman–Crippen MR) is 107 cm³/mol. The van der Waals surface area contributed by atoms with Gasteiger partial charge in [0, 0.05) is 25.1 Å². The molecule has 1 aromatic rings. The number of nitrogens with zero attached hydrogens (tertiary/aromatic N) is 1. The normalized spacial score (nSPS) is 15.7. The Morgan fingerprint density at radius 3 is 2.37 bits per heavy atom. The lowest BCUT2D eigenvalue weighted by molar-refractivity contribution is -0.137. The summed E-state index contributed by atoms with van der Waals surface area (Å²) >= 11 is 4.96. The van der Waals surface area contributed by atoms with E-state index in [0.29, 0.717) is 37.7 Å². The number of hydrogen-bond donors (Lipinski definition) is 2. The molecule has 27 heavy (non-hydrogen) atoms. The van der Waals surface area contributed by atoms with Gasteiger partial charge >= 0.3 is 6.09 Å². The Balaban J connectivity index is 2.13. The Kier molecular flexibility index (Phi) is 7.15. The summed E-state index contributed by atoms with van der Waals surface area (Å²) < 4.78 is 10.6. The van der Waals surface area contributed by atoms with E-state index in [9.17, 15) is 9.59 Å². The summed E-state index contributed by atoms with van der Waals surface area (Å²) in [5, 5.41) is 2.71. The summed E-state index contributed by atoms with van der Waals surface area (Å²) in [7, 11) is 0. The standard InChI is InChI=1S/C19H27N3O4S/c1-19(2,3)26-18(24)21-15(17(23)22-8-10-25-11-9-22)12-13-4-6-14(7-5-13)16(20)27/h4-7,15H,8-12H2,1-3H3,(H2,20,27)(H,21,24)/t15-/m0/s1. The molecule has 0 aliphatic carbocycles. The fourth-order valence-electron chi connectivity index (χ4n) is 2.69. The molecule has 1 saturated heterocycles. The SMILES string of the molecule is CC(C)(C)OC(=O)N[C@@H](Cc1ccc(C(N)=S)cc1)C(=O)N1CCOCC1. The number of rotatable bonds is 5. The second kappa shape index (κ2) is 9.14. The number of nitrogens with one attached hydrogen (secondary N) is 1. The van der Waals surface area contributed by atoms with Gasteiger partial charge in [-0.25, -0.2) is 4.79 Å². The zero-order valence-corrected chi connectivity index (χ0v) is 16.8. The van der Waals surface area contributed by atoms with Gasteiger partial charge in [-0.3, -0.25) is 4.79 Å². The molecule has 2 rings (SSSR count). The van der Waals surface area contributed by atoms with Gasteiger partial charge in [0.1, 0.15) is 16.6 Å². The van der Waals surface area contributed by atoms with E-state index >= 15 is 0 Å². The monoisotopic (exact) mass is 393 g/mol. The molecule has 3 N–H and O–H groups in total. The van der Waals surface area contributed by atoms with Crippen molar-refractivity contribution in [3.63, 3.8) is 0 Å². The molecule has 2 amide bonds. The summed E-state index contributed by atoms with van der Waals surface area (Å²) in [6.07, 6.45) is -0.276. The fraction of sp³-hybridized carbons (Fsp3) is 0.526. The zero-order chi connectivity index (χ0) is 20.0. The number of ether oxygens (including phenoxy) is 2. The molecule has 1 atom stereocenters. The zero-order valence-electron chi connectivity index (χ0n) is 16.0. The molecule has 0 bridgehead atoms. The van der Waals surface area contributed by atoms with E-state index in [1.807, 2.05) is 12.1 Å². The van der Waals surface area contributed by atoms with Crippen molar-refractivity contribution in [2.45, 2.75) is 38.8 Å². The molecule has 0 saturated carbocycles. The van der Waals surface area contributed by atoms with Crippen molar-refractivity contribution >= 4 is 29.2 Å². The molecule has 0 spiro atoms. The molecule has 1 aromatic carbocycles. The van der Waals surface area contributed by atoms with Gasteiger partial charge in [0.2, 0.25) is 5.91 Å². The van der Waals surface area contributed by atoms with Crippen LogP contribution >= 0.6 is 12.2 Å². The topological polar surface area (TPSA) is 93.9 Å². The van der Waals surface area contributed by atoms with Crippen LogP contribution in [-0.4, -0.2) is 59.8 Å². The van der Waals surface area contributed by atoms with Crippen molar-refractivity contribution in [2.24, 2.45) is 5.73 Å². The highest BCUT2D eigenvalue weighted by Crippen LogP contribution is 2.12. The number of carbonyl (C=O) groups is 2. The smallest absolute Gasteiger partial charge is 0.408 e. The number of morpholine rings is 1. The van der Waals surface area contributed by atoms with Crippen LogP contribution in [0.2, 0.25) is 0 Å². The maximum Gasteiger partial charge on any atom is 0.408 e. The van der Waals surface area contributed by atoms with E-state index in [4.69, 9.17) is 27.4 Å². The molecule has 1 aliphatic heterocycles. The van der Waals surface area contributed by atoms with E-state index < -0.39 is 17.7 Å². The Labute approximate surface area is 165 Å². The molecular formula is C19H27N3O4S. The second-order valence-electron chi connectivity index (χ2n) is 7.40. The summed E-state index contributed by atoms with van der Waals surface area (Å²) in [4.78, 5) is 27.2. The van der Waals surface area contributed by atoms with Crippen LogP contribution in [-0.2, 0) is 20.7 Å². The van der Waals surface area contributed by atoms with Crippen LogP contribution in [0, 0.1) is 0 Å². The number of nitrogens with two attached hydrogens (primary N) is 1. The van der Waals surface area contributed by atoms with Crippen LogP contribution in [0.5, 0.6) is 0 Å². The molecule has 1 heterocycles. The van der Waals surface area contributed by atoms with Gasteiger partial charge < -0.3 is 25.4 Å². The molecule has 0 radical (unpaired) electrons. The molecule has 0 aromatic heterocycles. The van der Waals surface area contributed by atoms with Crippen molar-refractivity contribution in [1.82, 2.24) is 10.2 Å². The second-order valence-corrected chi connectivity index (χ2v) is 7.84. The number of amides is 2. The third-order valence-electron chi connectivity index (χ3n) is 3.99. The van der Waals surface area contributed by atoms with Crippen molar-refractivity contribution in [2.75, 3.05) is 26.3 Å². The Bertz CT molecular complexity index is 679. The minimum Gasteiger partial charge on any atom is -0.444 e. The Morgan fingerprint density at radius 2 is 1.85 bits per heavy atom. The summed E-state index contributed by atoms with van der Waals surface area (Å²) in [5.41, 5.74) is 6.62. The molecule has 8 heteroatoms. The van der Waals surface area contributed by atoms with E-state index in [-0.39, 0.29) is 5.91 Å². The van der Waals surface area contributed by atoms with E-state index in [2.05, 4.69) is 5.32 Å². The van der Waals surface area contributed by atoms with Crippen LogP contribution < -0.4 is 11.1 Å². The van der Waals surface area contributed by atoms with Crippen molar-refractivity contribution in [3.05, 3.63) is 35.4 Å². The molecule has 7 nitrogen and oxygen atoms in total. The number of hydrogen-bond acceptors (Lipinski definition) is 5.